The van der Waals surface area contributed by atoms with Gasteiger partial charge in [0, 0.05) is 19.0 Å². The minimum atomic E-state index is -3.46. The Balaban J connectivity index is 1.94. The smallest absolute Gasteiger partial charge is 0.243 e. The molecule has 0 atom stereocenters. The minimum absolute atomic E-state index is 0.176. The molecule has 0 bridgehead atoms. The van der Waals surface area contributed by atoms with E-state index in [-0.39, 0.29) is 17.2 Å². The second kappa shape index (κ2) is 7.61. The number of hydrogen-bond acceptors (Lipinski definition) is 5. The number of nitrogens with zero attached hydrogens (tertiary/aromatic N) is 1. The van der Waals surface area contributed by atoms with Crippen molar-refractivity contribution in [2.24, 2.45) is 0 Å². The first kappa shape index (κ1) is 18.2. The maximum atomic E-state index is 12.0. The molecule has 0 saturated carbocycles. The Hall–Kier alpha value is -2.16. The van der Waals surface area contributed by atoms with Crippen LogP contribution in [0.4, 0.5) is 0 Å². The van der Waals surface area contributed by atoms with Crippen molar-refractivity contribution in [2.45, 2.75) is 11.3 Å². The highest BCUT2D eigenvalue weighted by Gasteiger charge is 2.16. The van der Waals surface area contributed by atoms with Crippen molar-refractivity contribution in [3.63, 3.8) is 0 Å². The van der Waals surface area contributed by atoms with Crippen molar-refractivity contribution in [3.8, 4) is 0 Å². The number of hydrogen-bond donors (Lipinski definition) is 2. The number of benzene rings is 1. The fourth-order valence-electron chi connectivity index (χ4n) is 1.87. The third-order valence-electron chi connectivity index (χ3n) is 3.25. The maximum Gasteiger partial charge on any atom is 0.243 e. The quantitative estimate of drug-likeness (QED) is 0.734. The molecule has 24 heavy (non-hydrogen) atoms. The largest absolute Gasteiger partial charge is 0.299 e. The lowest BCUT2D eigenvalue weighted by Gasteiger charge is -2.13. The van der Waals surface area contributed by atoms with Crippen LogP contribution in [0, 0.1) is 0 Å². The summed E-state index contributed by atoms with van der Waals surface area (Å²) in [5, 5.41) is 1.91. The van der Waals surface area contributed by atoms with E-state index >= 15 is 0 Å². The van der Waals surface area contributed by atoms with Crippen LogP contribution in [0.15, 0.2) is 53.3 Å². The van der Waals surface area contributed by atoms with E-state index in [9.17, 15) is 13.2 Å². The topological polar surface area (TPSA) is 78.5 Å². The molecular formula is C16H19N3O3S2. The Morgan fingerprint density at radius 2 is 1.83 bits per heavy atom. The van der Waals surface area contributed by atoms with Gasteiger partial charge >= 0.3 is 0 Å². The lowest BCUT2D eigenvalue weighted by atomic mass is 10.2. The van der Waals surface area contributed by atoms with Crippen LogP contribution < -0.4 is 10.9 Å². The molecule has 1 aromatic carbocycles. The monoisotopic (exact) mass is 365 g/mol. The van der Waals surface area contributed by atoms with Gasteiger partial charge in [0.1, 0.15) is 0 Å². The van der Waals surface area contributed by atoms with E-state index in [2.05, 4.69) is 17.4 Å². The molecule has 128 valence electrons. The maximum absolute atomic E-state index is 12.0. The highest BCUT2D eigenvalue weighted by atomic mass is 32.2. The second-order valence-corrected chi connectivity index (χ2v) is 8.40. The zero-order valence-corrected chi connectivity index (χ0v) is 15.1. The number of hydrazine groups is 1. The summed E-state index contributed by atoms with van der Waals surface area (Å²) in [6.07, 6.45) is 0.290. The molecule has 0 aliphatic carbocycles. The van der Waals surface area contributed by atoms with Gasteiger partial charge in [0.2, 0.25) is 15.9 Å². The molecule has 0 aliphatic heterocycles. The van der Waals surface area contributed by atoms with Crippen LogP contribution in [0.2, 0.25) is 0 Å². The number of carbonyl (C=O) groups is 1. The first-order valence-electron chi connectivity index (χ1n) is 7.10. The molecule has 0 saturated heterocycles. The number of sulfonamides is 1. The molecule has 1 aromatic heterocycles. The van der Waals surface area contributed by atoms with Gasteiger partial charge in [0.05, 0.1) is 17.0 Å². The molecule has 0 aliphatic rings. The number of amides is 1. The molecule has 1 heterocycles. The van der Waals surface area contributed by atoms with Crippen molar-refractivity contribution in [2.75, 3.05) is 14.1 Å². The first-order valence-corrected chi connectivity index (χ1v) is 9.42. The van der Waals surface area contributed by atoms with Crippen LogP contribution in [0.5, 0.6) is 0 Å². The Morgan fingerprint density at radius 1 is 1.17 bits per heavy atom. The summed E-state index contributed by atoms with van der Waals surface area (Å²) >= 11 is 1.52. The van der Waals surface area contributed by atoms with Gasteiger partial charge in [-0.15, -0.1) is 11.3 Å². The summed E-state index contributed by atoms with van der Waals surface area (Å²) in [6, 6.07) is 10.1. The van der Waals surface area contributed by atoms with Crippen molar-refractivity contribution in [1.29, 1.82) is 0 Å². The number of thiophene rings is 1. The van der Waals surface area contributed by atoms with E-state index in [0.29, 0.717) is 11.3 Å². The Bertz CT molecular complexity index is 811. The predicted molar refractivity (Wildman–Crippen MR) is 95.7 cm³/mol. The van der Waals surface area contributed by atoms with Crippen molar-refractivity contribution in [1.82, 2.24) is 15.2 Å². The highest BCUT2D eigenvalue weighted by molar-refractivity contribution is 7.89. The van der Waals surface area contributed by atoms with Crippen LogP contribution in [-0.4, -0.2) is 32.7 Å². The van der Waals surface area contributed by atoms with E-state index in [1.807, 2.05) is 17.5 Å². The first-order chi connectivity index (χ1) is 11.3. The molecule has 1 amide bonds. The average Bonchev–Trinajstić information content (AvgIpc) is 3.05. The summed E-state index contributed by atoms with van der Waals surface area (Å²) < 4.78 is 25.2. The number of nitrogens with one attached hydrogen (secondary N) is 2. The van der Waals surface area contributed by atoms with Crippen LogP contribution in [0.25, 0.3) is 5.70 Å². The van der Waals surface area contributed by atoms with Gasteiger partial charge in [-0.1, -0.05) is 24.8 Å². The third-order valence-corrected chi connectivity index (χ3v) is 5.95. The standard InChI is InChI=1S/C16H19N3O3S2/c1-12(17-18-16(20)11-14-5-4-10-23-14)13-6-8-15(9-7-13)24(21,22)19(2)3/h4-10,17H,1,11H2,2-3H3,(H,18,20). The average molecular weight is 365 g/mol. The number of rotatable bonds is 7. The SMILES string of the molecule is C=C(NNC(=O)Cc1cccs1)c1ccc(S(=O)(=O)N(C)C)cc1. The Morgan fingerprint density at radius 3 is 2.38 bits per heavy atom. The van der Waals surface area contributed by atoms with Crippen LogP contribution in [-0.2, 0) is 21.2 Å². The van der Waals surface area contributed by atoms with Gasteiger partial charge in [-0.2, -0.15) is 0 Å². The van der Waals surface area contributed by atoms with Gasteiger partial charge < -0.3 is 0 Å². The van der Waals surface area contributed by atoms with Crippen LogP contribution >= 0.6 is 11.3 Å². The molecule has 2 rings (SSSR count). The van der Waals surface area contributed by atoms with Gasteiger partial charge in [0.25, 0.3) is 0 Å². The van der Waals surface area contributed by atoms with Gasteiger partial charge in [-0.05, 0) is 29.1 Å². The molecule has 2 aromatic rings. The number of carbonyl (C=O) groups excluding carboxylic acids is 1. The van der Waals surface area contributed by atoms with Crippen LogP contribution in [0.1, 0.15) is 10.4 Å². The van der Waals surface area contributed by atoms with Gasteiger partial charge in [-0.25, -0.2) is 12.7 Å². The summed E-state index contributed by atoms with van der Waals surface area (Å²) in [5.41, 5.74) is 6.48. The molecule has 0 radical (unpaired) electrons. The van der Waals surface area contributed by atoms with E-state index < -0.39 is 10.0 Å². The fraction of sp³-hybridized carbons (Fsp3) is 0.188. The van der Waals surface area contributed by atoms with Crippen molar-refractivity contribution < 1.29 is 13.2 Å². The summed E-state index contributed by atoms with van der Waals surface area (Å²) in [6.45, 7) is 3.84. The summed E-state index contributed by atoms with van der Waals surface area (Å²) in [4.78, 5) is 13.0. The zero-order valence-electron chi connectivity index (χ0n) is 13.4. The normalized spacial score (nSPS) is 11.3. The Kier molecular flexibility index (Phi) is 5.76. The van der Waals surface area contributed by atoms with Gasteiger partial charge in [-0.3, -0.25) is 15.6 Å². The fourth-order valence-corrected chi connectivity index (χ4v) is 3.48. The van der Waals surface area contributed by atoms with Crippen molar-refractivity contribution >= 4 is 33.0 Å². The zero-order chi connectivity index (χ0) is 17.7. The minimum Gasteiger partial charge on any atom is -0.299 e. The molecule has 0 unspecified atom stereocenters. The summed E-state index contributed by atoms with van der Waals surface area (Å²) in [5.74, 6) is -0.176. The molecule has 2 N–H and O–H groups in total. The van der Waals surface area contributed by atoms with Crippen molar-refractivity contribution in [3.05, 3.63) is 58.8 Å². The predicted octanol–water partition coefficient (Wildman–Crippen LogP) is 1.83. The van der Waals surface area contributed by atoms with Gasteiger partial charge in [0.15, 0.2) is 0 Å². The highest BCUT2D eigenvalue weighted by Crippen LogP contribution is 2.16. The molecule has 6 nitrogen and oxygen atoms in total. The molecule has 0 spiro atoms. The second-order valence-electron chi connectivity index (χ2n) is 5.22. The molecule has 8 heteroatoms. The Labute approximate surface area is 145 Å². The van der Waals surface area contributed by atoms with E-state index in [1.165, 1.54) is 37.6 Å². The molecule has 0 fully saturated rings. The summed E-state index contributed by atoms with van der Waals surface area (Å²) in [7, 11) is -0.501. The lowest BCUT2D eigenvalue weighted by Crippen LogP contribution is -2.36. The van der Waals surface area contributed by atoms with E-state index in [4.69, 9.17) is 0 Å². The van der Waals surface area contributed by atoms with Crippen LogP contribution in [0.3, 0.4) is 0 Å². The third kappa shape index (κ3) is 4.44. The molecular weight excluding hydrogens is 346 g/mol. The van der Waals surface area contributed by atoms with E-state index in [1.54, 1.807) is 12.1 Å². The lowest BCUT2D eigenvalue weighted by molar-refractivity contribution is -0.121. The van der Waals surface area contributed by atoms with E-state index in [0.717, 1.165) is 9.18 Å².